The van der Waals surface area contributed by atoms with E-state index in [1.54, 1.807) is 6.07 Å². The number of nitrogen functional groups attached to an aromatic ring is 1. The van der Waals surface area contributed by atoms with Crippen LogP contribution in [0.5, 0.6) is 0 Å². The number of aliphatic hydroxyl groups is 1. The molecule has 0 heterocycles. The number of halogens is 2. The first-order chi connectivity index (χ1) is 7.70. The van der Waals surface area contributed by atoms with Crippen LogP contribution in [0.1, 0.15) is 32.4 Å². The molecule has 17 heavy (non-hydrogen) atoms. The van der Waals surface area contributed by atoms with Crippen molar-refractivity contribution < 1.29 is 9.50 Å². The third-order valence-corrected chi connectivity index (χ3v) is 2.97. The van der Waals surface area contributed by atoms with E-state index in [4.69, 9.17) is 5.73 Å². The summed E-state index contributed by atoms with van der Waals surface area (Å²) in [6.07, 6.45) is -0.763. The van der Waals surface area contributed by atoms with Gasteiger partial charge in [0.05, 0.1) is 11.8 Å². The molecule has 0 saturated heterocycles. The second-order valence-corrected chi connectivity index (χ2v) is 5.90. The molecule has 0 bridgehead atoms. The monoisotopic (exact) mass is 304 g/mol. The molecule has 1 aromatic carbocycles. The van der Waals surface area contributed by atoms with E-state index < -0.39 is 11.9 Å². The van der Waals surface area contributed by atoms with Crippen LogP contribution in [-0.2, 0) is 0 Å². The van der Waals surface area contributed by atoms with Crippen molar-refractivity contribution in [1.29, 1.82) is 0 Å². The number of anilines is 1. The topological polar surface area (TPSA) is 58.3 Å². The maximum Gasteiger partial charge on any atom is 0.147 e. The summed E-state index contributed by atoms with van der Waals surface area (Å²) in [6, 6.07) is 2.89. The molecule has 0 saturated carbocycles. The zero-order valence-electron chi connectivity index (χ0n) is 10.2. The molecule has 1 unspecified atom stereocenters. The highest BCUT2D eigenvalue weighted by molar-refractivity contribution is 9.10. The first-order valence-electron chi connectivity index (χ1n) is 5.38. The second-order valence-electron chi connectivity index (χ2n) is 5.04. The number of nitrogens with two attached hydrogens (primary N) is 1. The Bertz CT molecular complexity index is 381. The van der Waals surface area contributed by atoms with Crippen LogP contribution in [0.4, 0.5) is 10.1 Å². The number of β-amino-alcohol motifs (C(OH)–C–C–N with tert-alkyl or cyclic N) is 1. The summed E-state index contributed by atoms with van der Waals surface area (Å²) in [5.41, 5.74) is 5.94. The van der Waals surface area contributed by atoms with Gasteiger partial charge in [0.2, 0.25) is 0 Å². The molecule has 0 aliphatic rings. The highest BCUT2D eigenvalue weighted by Gasteiger charge is 2.16. The molecule has 1 aromatic rings. The van der Waals surface area contributed by atoms with Crippen LogP contribution >= 0.6 is 15.9 Å². The molecule has 1 rings (SSSR count). The van der Waals surface area contributed by atoms with Gasteiger partial charge in [-0.25, -0.2) is 4.39 Å². The minimum atomic E-state index is -0.763. The molecule has 0 aromatic heterocycles. The van der Waals surface area contributed by atoms with Crippen molar-refractivity contribution in [3.63, 3.8) is 0 Å². The van der Waals surface area contributed by atoms with Crippen molar-refractivity contribution in [2.45, 2.75) is 32.4 Å². The zero-order chi connectivity index (χ0) is 13.2. The van der Waals surface area contributed by atoms with Gasteiger partial charge in [-0.15, -0.1) is 0 Å². The molecule has 96 valence electrons. The van der Waals surface area contributed by atoms with E-state index >= 15 is 0 Å². The quantitative estimate of drug-likeness (QED) is 0.752. The van der Waals surface area contributed by atoms with Gasteiger partial charge in [0.25, 0.3) is 0 Å². The summed E-state index contributed by atoms with van der Waals surface area (Å²) < 4.78 is 13.8. The van der Waals surface area contributed by atoms with Crippen LogP contribution in [0, 0.1) is 5.82 Å². The lowest BCUT2D eigenvalue weighted by Crippen LogP contribution is -2.38. The Kier molecular flexibility index (Phi) is 4.52. The van der Waals surface area contributed by atoms with Gasteiger partial charge in [-0.3, -0.25) is 0 Å². The lowest BCUT2D eigenvalue weighted by atomic mass is 10.1. The third kappa shape index (κ3) is 4.26. The summed E-state index contributed by atoms with van der Waals surface area (Å²) in [5, 5.41) is 13.1. The molecule has 4 N–H and O–H groups in total. The van der Waals surface area contributed by atoms with Gasteiger partial charge < -0.3 is 16.2 Å². The number of hydrogen-bond donors (Lipinski definition) is 3. The lowest BCUT2D eigenvalue weighted by Gasteiger charge is -2.23. The maximum absolute atomic E-state index is 13.4. The van der Waals surface area contributed by atoms with Gasteiger partial charge in [-0.1, -0.05) is 0 Å². The molecular formula is C12H18BrFN2O. The van der Waals surface area contributed by atoms with Crippen molar-refractivity contribution in [3.05, 3.63) is 28.0 Å². The Morgan fingerprint density at radius 1 is 1.47 bits per heavy atom. The van der Waals surface area contributed by atoms with E-state index in [1.807, 2.05) is 20.8 Å². The summed E-state index contributed by atoms with van der Waals surface area (Å²) in [7, 11) is 0. The fraction of sp³-hybridized carbons (Fsp3) is 0.500. The van der Waals surface area contributed by atoms with Crippen LogP contribution < -0.4 is 11.1 Å². The summed E-state index contributed by atoms with van der Waals surface area (Å²) in [6.45, 7) is 6.36. The lowest BCUT2D eigenvalue weighted by molar-refractivity contribution is 0.163. The van der Waals surface area contributed by atoms with E-state index in [0.29, 0.717) is 16.6 Å². The summed E-state index contributed by atoms with van der Waals surface area (Å²) in [5.74, 6) is -0.524. The van der Waals surface area contributed by atoms with E-state index in [0.717, 1.165) is 0 Å². The number of benzene rings is 1. The molecule has 0 amide bonds. The van der Waals surface area contributed by atoms with Crippen molar-refractivity contribution in [3.8, 4) is 0 Å². The average Bonchev–Trinajstić information content (AvgIpc) is 2.20. The van der Waals surface area contributed by atoms with Gasteiger partial charge in [0.1, 0.15) is 5.82 Å². The molecule has 0 fully saturated rings. The van der Waals surface area contributed by atoms with E-state index in [-0.39, 0.29) is 11.2 Å². The van der Waals surface area contributed by atoms with Gasteiger partial charge in [-0.2, -0.15) is 0 Å². The predicted molar refractivity (Wildman–Crippen MR) is 71.2 cm³/mol. The highest BCUT2D eigenvalue weighted by atomic mass is 79.9. The van der Waals surface area contributed by atoms with Crippen LogP contribution in [-0.4, -0.2) is 17.2 Å². The second kappa shape index (κ2) is 5.33. The average molecular weight is 305 g/mol. The minimum Gasteiger partial charge on any atom is -0.395 e. The number of aliphatic hydroxyl groups excluding tert-OH is 1. The molecule has 5 heteroatoms. The fourth-order valence-electron chi connectivity index (χ4n) is 1.32. The normalized spacial score (nSPS) is 13.8. The van der Waals surface area contributed by atoms with Crippen molar-refractivity contribution in [2.75, 3.05) is 12.3 Å². The molecule has 0 spiro atoms. The first kappa shape index (κ1) is 14.4. The highest BCUT2D eigenvalue weighted by Crippen LogP contribution is 2.27. The Balaban J connectivity index is 2.79. The smallest absolute Gasteiger partial charge is 0.147 e. The first-order valence-corrected chi connectivity index (χ1v) is 6.17. The molecule has 0 radical (unpaired) electrons. The third-order valence-electron chi connectivity index (χ3n) is 2.31. The standard InChI is InChI=1S/C12H18BrFN2O/c1-12(2,3)16-6-10(17)7-4-8(13)11(15)9(14)5-7/h4-5,10,16-17H,6,15H2,1-3H3. The summed E-state index contributed by atoms with van der Waals surface area (Å²) >= 11 is 3.16. The van der Waals surface area contributed by atoms with Gasteiger partial charge in [0, 0.05) is 16.6 Å². The van der Waals surface area contributed by atoms with E-state index in [2.05, 4.69) is 21.2 Å². The summed E-state index contributed by atoms with van der Waals surface area (Å²) in [4.78, 5) is 0. The SMILES string of the molecule is CC(C)(C)NCC(O)c1cc(F)c(N)c(Br)c1. The minimum absolute atomic E-state index is 0.0599. The van der Waals surface area contributed by atoms with E-state index in [1.165, 1.54) is 6.07 Å². The Morgan fingerprint density at radius 2 is 2.06 bits per heavy atom. The van der Waals surface area contributed by atoms with Crippen LogP contribution in [0.15, 0.2) is 16.6 Å². The zero-order valence-corrected chi connectivity index (χ0v) is 11.8. The van der Waals surface area contributed by atoms with E-state index in [9.17, 15) is 9.50 Å². The molecule has 1 atom stereocenters. The van der Waals surface area contributed by atoms with Crippen molar-refractivity contribution in [2.24, 2.45) is 0 Å². The molecule has 0 aliphatic heterocycles. The molecular weight excluding hydrogens is 287 g/mol. The Hall–Kier alpha value is -0.650. The Labute approximate surface area is 109 Å². The molecule has 0 aliphatic carbocycles. The number of rotatable bonds is 3. The predicted octanol–water partition coefficient (Wildman–Crippen LogP) is 2.59. The van der Waals surface area contributed by atoms with Gasteiger partial charge >= 0.3 is 0 Å². The largest absolute Gasteiger partial charge is 0.395 e. The molecule has 3 nitrogen and oxygen atoms in total. The van der Waals surface area contributed by atoms with Crippen molar-refractivity contribution >= 4 is 21.6 Å². The van der Waals surface area contributed by atoms with Crippen LogP contribution in [0.25, 0.3) is 0 Å². The number of hydrogen-bond acceptors (Lipinski definition) is 3. The van der Waals surface area contributed by atoms with Gasteiger partial charge in [0.15, 0.2) is 0 Å². The van der Waals surface area contributed by atoms with Crippen LogP contribution in [0.2, 0.25) is 0 Å². The maximum atomic E-state index is 13.4. The van der Waals surface area contributed by atoms with Crippen LogP contribution in [0.3, 0.4) is 0 Å². The van der Waals surface area contributed by atoms with Gasteiger partial charge in [-0.05, 0) is 54.4 Å². The fourth-order valence-corrected chi connectivity index (χ4v) is 1.77. The van der Waals surface area contributed by atoms with Crippen molar-refractivity contribution in [1.82, 2.24) is 5.32 Å². The number of nitrogens with one attached hydrogen (secondary N) is 1. The Morgan fingerprint density at radius 3 is 2.53 bits per heavy atom.